The molecule has 0 bridgehead atoms. The lowest BCUT2D eigenvalue weighted by atomic mass is 10.2. The third-order valence-corrected chi connectivity index (χ3v) is 1.80. The molecule has 0 saturated carbocycles. The van der Waals surface area contributed by atoms with Crippen molar-refractivity contribution >= 4 is 11.7 Å². The number of anilines is 1. The summed E-state index contributed by atoms with van der Waals surface area (Å²) in [6.45, 7) is 2.48. The molecule has 1 rings (SSSR count). The van der Waals surface area contributed by atoms with Gasteiger partial charge in [0, 0.05) is 6.20 Å². The second kappa shape index (κ2) is 5.21. The minimum absolute atomic E-state index is 0.356. The summed E-state index contributed by atoms with van der Waals surface area (Å²) in [7, 11) is 0. The van der Waals surface area contributed by atoms with Gasteiger partial charge in [0.1, 0.15) is 0 Å². The monoisotopic (exact) mass is 194 g/mol. The lowest BCUT2D eigenvalue weighted by Gasteiger charge is -2.05. The second-order valence-electron chi connectivity index (χ2n) is 2.95. The fraction of sp³-hybridized carbons (Fsp3) is 0.400. The predicted octanol–water partition coefficient (Wildman–Crippen LogP) is 1.62. The molecule has 0 radical (unpaired) electrons. The van der Waals surface area contributed by atoms with Gasteiger partial charge in [-0.1, -0.05) is 13.3 Å². The molecule has 0 unspecified atom stereocenters. The number of hydrogen-bond donors (Lipinski definition) is 1. The lowest BCUT2D eigenvalue weighted by molar-refractivity contribution is 0.0501. The standard InChI is InChI=1S/C10H14N2O2/c1-2-3-6-14-10(13)8-4-5-12-7-9(8)11/h4-5,7H,2-3,6,11H2,1H3. The van der Waals surface area contributed by atoms with Crippen molar-refractivity contribution in [2.45, 2.75) is 19.8 Å². The van der Waals surface area contributed by atoms with Gasteiger partial charge in [-0.25, -0.2) is 4.79 Å². The zero-order valence-corrected chi connectivity index (χ0v) is 8.19. The van der Waals surface area contributed by atoms with Gasteiger partial charge in [-0.05, 0) is 12.5 Å². The molecule has 0 aliphatic rings. The van der Waals surface area contributed by atoms with Gasteiger partial charge in [0.2, 0.25) is 0 Å². The fourth-order valence-corrected chi connectivity index (χ4v) is 0.980. The van der Waals surface area contributed by atoms with Gasteiger partial charge in [0.25, 0.3) is 0 Å². The van der Waals surface area contributed by atoms with Crippen molar-refractivity contribution in [2.75, 3.05) is 12.3 Å². The summed E-state index contributed by atoms with van der Waals surface area (Å²) in [5.41, 5.74) is 6.30. The number of esters is 1. The fourth-order valence-electron chi connectivity index (χ4n) is 0.980. The first-order chi connectivity index (χ1) is 6.75. The van der Waals surface area contributed by atoms with Crippen molar-refractivity contribution in [3.05, 3.63) is 24.0 Å². The average molecular weight is 194 g/mol. The van der Waals surface area contributed by atoms with E-state index in [4.69, 9.17) is 10.5 Å². The van der Waals surface area contributed by atoms with E-state index in [2.05, 4.69) is 4.98 Å². The molecule has 4 nitrogen and oxygen atoms in total. The van der Waals surface area contributed by atoms with E-state index in [1.165, 1.54) is 12.4 Å². The Kier molecular flexibility index (Phi) is 3.91. The maximum atomic E-state index is 11.4. The van der Waals surface area contributed by atoms with E-state index in [0.717, 1.165) is 12.8 Å². The number of carbonyl (C=O) groups is 1. The van der Waals surface area contributed by atoms with Crippen LogP contribution in [0.15, 0.2) is 18.5 Å². The first-order valence-corrected chi connectivity index (χ1v) is 4.62. The van der Waals surface area contributed by atoms with Crippen molar-refractivity contribution in [1.29, 1.82) is 0 Å². The Morgan fingerprint density at radius 2 is 2.43 bits per heavy atom. The zero-order chi connectivity index (χ0) is 10.4. The van der Waals surface area contributed by atoms with E-state index in [-0.39, 0.29) is 5.97 Å². The Bertz CT molecular complexity index is 313. The Morgan fingerprint density at radius 3 is 3.07 bits per heavy atom. The van der Waals surface area contributed by atoms with E-state index >= 15 is 0 Å². The van der Waals surface area contributed by atoms with Crippen LogP contribution >= 0.6 is 0 Å². The van der Waals surface area contributed by atoms with Gasteiger partial charge in [0.05, 0.1) is 24.1 Å². The van der Waals surface area contributed by atoms with Crippen molar-refractivity contribution in [3.63, 3.8) is 0 Å². The van der Waals surface area contributed by atoms with Crippen molar-refractivity contribution in [2.24, 2.45) is 0 Å². The van der Waals surface area contributed by atoms with Crippen LogP contribution in [0, 0.1) is 0 Å². The molecule has 0 spiro atoms. The highest BCUT2D eigenvalue weighted by Gasteiger charge is 2.09. The quantitative estimate of drug-likeness (QED) is 0.584. The number of pyridine rings is 1. The lowest BCUT2D eigenvalue weighted by Crippen LogP contribution is -2.09. The molecule has 1 aromatic rings. The van der Waals surface area contributed by atoms with Crippen molar-refractivity contribution < 1.29 is 9.53 Å². The molecule has 14 heavy (non-hydrogen) atoms. The number of hydrogen-bond acceptors (Lipinski definition) is 4. The number of nitrogens with two attached hydrogens (primary N) is 1. The number of nitrogens with zero attached hydrogens (tertiary/aromatic N) is 1. The summed E-state index contributed by atoms with van der Waals surface area (Å²) >= 11 is 0. The summed E-state index contributed by atoms with van der Waals surface area (Å²) in [6.07, 6.45) is 4.83. The van der Waals surface area contributed by atoms with Gasteiger partial charge >= 0.3 is 5.97 Å². The van der Waals surface area contributed by atoms with Gasteiger partial charge in [-0.15, -0.1) is 0 Å². The van der Waals surface area contributed by atoms with Crippen molar-refractivity contribution in [1.82, 2.24) is 4.98 Å². The van der Waals surface area contributed by atoms with E-state index < -0.39 is 0 Å². The number of nitrogen functional groups attached to an aromatic ring is 1. The smallest absolute Gasteiger partial charge is 0.340 e. The number of ether oxygens (including phenoxy) is 1. The van der Waals surface area contributed by atoms with E-state index in [1.807, 2.05) is 6.92 Å². The molecule has 4 heteroatoms. The first-order valence-electron chi connectivity index (χ1n) is 4.62. The Balaban J connectivity index is 2.56. The highest BCUT2D eigenvalue weighted by Crippen LogP contribution is 2.10. The van der Waals surface area contributed by atoms with Crippen LogP contribution in [0.4, 0.5) is 5.69 Å². The summed E-state index contributed by atoms with van der Waals surface area (Å²) in [6, 6.07) is 1.56. The Labute approximate surface area is 83.1 Å². The van der Waals surface area contributed by atoms with E-state index in [1.54, 1.807) is 6.07 Å². The van der Waals surface area contributed by atoms with Crippen molar-refractivity contribution in [3.8, 4) is 0 Å². The summed E-state index contributed by atoms with van der Waals surface area (Å²) < 4.78 is 5.00. The van der Waals surface area contributed by atoms with Crippen LogP contribution in [-0.4, -0.2) is 17.6 Å². The summed E-state index contributed by atoms with van der Waals surface area (Å²) in [5, 5.41) is 0. The molecule has 1 heterocycles. The Morgan fingerprint density at radius 1 is 1.64 bits per heavy atom. The summed E-state index contributed by atoms with van der Waals surface area (Å²) in [4.78, 5) is 15.2. The van der Waals surface area contributed by atoms with Crippen LogP contribution in [0.5, 0.6) is 0 Å². The SMILES string of the molecule is CCCCOC(=O)c1ccncc1N. The second-order valence-corrected chi connectivity index (χ2v) is 2.95. The number of rotatable bonds is 4. The third kappa shape index (κ3) is 2.73. The highest BCUT2D eigenvalue weighted by molar-refractivity contribution is 5.94. The molecule has 0 aliphatic heterocycles. The first kappa shape index (κ1) is 10.5. The molecular formula is C10H14N2O2. The molecule has 2 N–H and O–H groups in total. The maximum Gasteiger partial charge on any atom is 0.340 e. The highest BCUT2D eigenvalue weighted by atomic mass is 16.5. The molecular weight excluding hydrogens is 180 g/mol. The van der Waals surface area contributed by atoms with Crippen LogP contribution in [0.2, 0.25) is 0 Å². The minimum Gasteiger partial charge on any atom is -0.462 e. The van der Waals surface area contributed by atoms with Crippen LogP contribution in [0.25, 0.3) is 0 Å². The largest absolute Gasteiger partial charge is 0.462 e. The average Bonchev–Trinajstić information content (AvgIpc) is 2.18. The maximum absolute atomic E-state index is 11.4. The van der Waals surface area contributed by atoms with Crippen LogP contribution in [0.3, 0.4) is 0 Å². The van der Waals surface area contributed by atoms with Crippen LogP contribution < -0.4 is 5.73 Å². The van der Waals surface area contributed by atoms with E-state index in [9.17, 15) is 4.79 Å². The Hall–Kier alpha value is -1.58. The number of aromatic nitrogens is 1. The van der Waals surface area contributed by atoms with Crippen LogP contribution in [0.1, 0.15) is 30.1 Å². The molecule has 0 aliphatic carbocycles. The normalized spacial score (nSPS) is 9.79. The summed E-state index contributed by atoms with van der Waals surface area (Å²) in [5.74, 6) is -0.377. The van der Waals surface area contributed by atoms with E-state index in [0.29, 0.717) is 17.9 Å². The molecule has 0 fully saturated rings. The predicted molar refractivity (Wildman–Crippen MR) is 53.8 cm³/mol. The topological polar surface area (TPSA) is 65.2 Å². The van der Waals surface area contributed by atoms with Gasteiger partial charge in [0.15, 0.2) is 0 Å². The molecule has 0 atom stereocenters. The third-order valence-electron chi connectivity index (χ3n) is 1.80. The van der Waals surface area contributed by atoms with Gasteiger partial charge < -0.3 is 10.5 Å². The minimum atomic E-state index is -0.377. The molecule has 0 saturated heterocycles. The molecule has 1 aromatic heterocycles. The molecule has 0 aromatic carbocycles. The van der Waals surface area contributed by atoms with Gasteiger partial charge in [-0.2, -0.15) is 0 Å². The molecule has 0 amide bonds. The molecule has 76 valence electrons. The zero-order valence-electron chi connectivity index (χ0n) is 8.19. The number of unbranched alkanes of at least 4 members (excludes halogenated alkanes) is 1. The number of carbonyl (C=O) groups excluding carboxylic acids is 1. The van der Waals surface area contributed by atoms with Crippen LogP contribution in [-0.2, 0) is 4.74 Å². The van der Waals surface area contributed by atoms with Gasteiger partial charge in [-0.3, -0.25) is 4.98 Å².